The van der Waals surface area contributed by atoms with E-state index in [0.29, 0.717) is 5.69 Å². The Kier molecular flexibility index (Phi) is 6.13. The summed E-state index contributed by atoms with van der Waals surface area (Å²) in [6.07, 6.45) is 0.512. The number of ether oxygens (including phenoxy) is 1. The highest BCUT2D eigenvalue weighted by atomic mass is 32.2. The van der Waals surface area contributed by atoms with E-state index in [1.165, 1.54) is 0 Å². The van der Waals surface area contributed by atoms with Gasteiger partial charge in [0.25, 0.3) is 0 Å². The lowest BCUT2D eigenvalue weighted by atomic mass is 10.0. The average molecular weight is 431 g/mol. The zero-order chi connectivity index (χ0) is 22.1. The minimum Gasteiger partial charge on any atom is -0.444 e. The van der Waals surface area contributed by atoms with E-state index in [1.807, 2.05) is 51.1 Å². The molecule has 0 spiro atoms. The van der Waals surface area contributed by atoms with Crippen LogP contribution in [-0.2, 0) is 14.8 Å². The van der Waals surface area contributed by atoms with Crippen molar-refractivity contribution < 1.29 is 17.9 Å². The van der Waals surface area contributed by atoms with Crippen LogP contribution in [-0.4, -0.2) is 31.4 Å². The molecule has 2 atom stereocenters. The molecule has 1 saturated carbocycles. The molecule has 1 fully saturated rings. The fourth-order valence-electron chi connectivity index (χ4n) is 3.15. The van der Waals surface area contributed by atoms with Crippen molar-refractivity contribution in [2.24, 2.45) is 0 Å². The summed E-state index contributed by atoms with van der Waals surface area (Å²) in [6.45, 7) is 8.83. The third kappa shape index (κ3) is 5.75. The van der Waals surface area contributed by atoms with Gasteiger partial charge in [-0.1, -0.05) is 36.4 Å². The minimum atomic E-state index is -3.38. The van der Waals surface area contributed by atoms with Gasteiger partial charge in [-0.25, -0.2) is 13.2 Å². The summed E-state index contributed by atoms with van der Waals surface area (Å²) < 4.78 is 32.2. The number of hydrogen-bond donors (Lipinski definition) is 2. The summed E-state index contributed by atoms with van der Waals surface area (Å²) in [5.41, 5.74) is 3.14. The zero-order valence-electron chi connectivity index (χ0n) is 18.1. The van der Waals surface area contributed by atoms with Gasteiger partial charge in [0.05, 0.1) is 5.25 Å². The van der Waals surface area contributed by atoms with Gasteiger partial charge < -0.3 is 10.1 Å². The Morgan fingerprint density at radius 3 is 2.33 bits per heavy atom. The zero-order valence-corrected chi connectivity index (χ0v) is 18.9. The Hall–Kier alpha value is -2.54. The minimum absolute atomic E-state index is 0.0967. The van der Waals surface area contributed by atoms with Crippen molar-refractivity contribution in [1.29, 1.82) is 0 Å². The van der Waals surface area contributed by atoms with Crippen molar-refractivity contribution in [1.82, 2.24) is 5.32 Å². The fourth-order valence-corrected chi connectivity index (χ4v) is 3.84. The first-order chi connectivity index (χ1) is 13.9. The first kappa shape index (κ1) is 22.2. The standard InChI is InChI=1S/C23H30N2O4S/c1-15(2)30(27,28)25-19-8-6-7-18(13-19)16-9-11-17(12-10-16)20-14-21(20)24-22(26)29-23(3,4)5/h6-13,15,20-21,25H,14H2,1-5H3,(H,24,26)/t20-,21+/m0/s1. The molecule has 1 amide bonds. The van der Waals surface area contributed by atoms with E-state index in [0.717, 1.165) is 23.1 Å². The highest BCUT2D eigenvalue weighted by molar-refractivity contribution is 7.93. The smallest absolute Gasteiger partial charge is 0.407 e. The number of alkyl carbamates (subject to hydrolysis) is 1. The van der Waals surface area contributed by atoms with Crippen LogP contribution in [0.5, 0.6) is 0 Å². The molecular formula is C23H30N2O4S. The second kappa shape index (κ2) is 8.30. The van der Waals surface area contributed by atoms with Gasteiger partial charge in [0.2, 0.25) is 10.0 Å². The van der Waals surface area contributed by atoms with Gasteiger partial charge >= 0.3 is 6.09 Å². The number of benzene rings is 2. The van der Waals surface area contributed by atoms with Crippen molar-refractivity contribution in [2.45, 2.75) is 63.9 Å². The lowest BCUT2D eigenvalue weighted by molar-refractivity contribution is 0.0523. The molecule has 0 saturated heterocycles. The number of sulfonamides is 1. The maximum absolute atomic E-state index is 12.1. The van der Waals surface area contributed by atoms with Crippen LogP contribution < -0.4 is 10.0 Å². The Morgan fingerprint density at radius 2 is 1.73 bits per heavy atom. The quantitative estimate of drug-likeness (QED) is 0.684. The maximum Gasteiger partial charge on any atom is 0.407 e. The molecule has 30 heavy (non-hydrogen) atoms. The van der Waals surface area contributed by atoms with Crippen LogP contribution in [0.4, 0.5) is 10.5 Å². The maximum atomic E-state index is 12.1. The first-order valence-corrected chi connectivity index (χ1v) is 11.7. The molecule has 6 nitrogen and oxygen atoms in total. The van der Waals surface area contributed by atoms with Crippen LogP contribution in [0.25, 0.3) is 11.1 Å². The van der Waals surface area contributed by atoms with Crippen molar-refractivity contribution >= 4 is 21.8 Å². The van der Waals surface area contributed by atoms with Crippen LogP contribution in [0.2, 0.25) is 0 Å². The molecule has 3 rings (SSSR count). The predicted molar refractivity (Wildman–Crippen MR) is 120 cm³/mol. The van der Waals surface area contributed by atoms with Crippen LogP contribution in [0, 0.1) is 0 Å². The molecule has 2 aromatic rings. The largest absolute Gasteiger partial charge is 0.444 e. The van der Waals surface area contributed by atoms with Crippen molar-refractivity contribution in [3.63, 3.8) is 0 Å². The molecule has 2 aromatic carbocycles. The summed E-state index contributed by atoms with van der Waals surface area (Å²) in [5.74, 6) is 0.288. The summed E-state index contributed by atoms with van der Waals surface area (Å²) in [5, 5.41) is 2.42. The van der Waals surface area contributed by atoms with Gasteiger partial charge in [0, 0.05) is 17.6 Å². The molecule has 0 aliphatic heterocycles. The summed E-state index contributed by atoms with van der Waals surface area (Å²) in [7, 11) is -3.38. The van der Waals surface area contributed by atoms with E-state index < -0.39 is 20.9 Å². The Bertz CT molecular complexity index is 1010. The van der Waals surface area contributed by atoms with Gasteiger partial charge in [-0.15, -0.1) is 0 Å². The van der Waals surface area contributed by atoms with Gasteiger partial charge in [-0.2, -0.15) is 0 Å². The molecule has 0 unspecified atom stereocenters. The average Bonchev–Trinajstić information content (AvgIpc) is 3.39. The second-order valence-corrected chi connectivity index (χ2v) is 11.2. The highest BCUT2D eigenvalue weighted by Gasteiger charge is 2.40. The number of hydrogen-bond acceptors (Lipinski definition) is 4. The first-order valence-electron chi connectivity index (χ1n) is 10.2. The normalized spacial score (nSPS) is 18.7. The van der Waals surface area contributed by atoms with E-state index in [9.17, 15) is 13.2 Å². The number of nitrogens with one attached hydrogen (secondary N) is 2. The second-order valence-electron chi connectivity index (χ2n) is 8.99. The Balaban J connectivity index is 1.64. The number of carbonyl (C=O) groups excluding carboxylic acids is 1. The van der Waals surface area contributed by atoms with Crippen molar-refractivity contribution in [3.8, 4) is 11.1 Å². The number of rotatable bonds is 6. The predicted octanol–water partition coefficient (Wildman–Crippen LogP) is 4.88. The molecule has 0 radical (unpaired) electrons. The van der Waals surface area contributed by atoms with Gasteiger partial charge in [0.1, 0.15) is 5.60 Å². The Morgan fingerprint density at radius 1 is 1.07 bits per heavy atom. The van der Waals surface area contributed by atoms with Crippen molar-refractivity contribution in [2.75, 3.05) is 4.72 Å². The van der Waals surface area contributed by atoms with E-state index in [2.05, 4.69) is 22.2 Å². The number of carbonyl (C=O) groups is 1. The fraction of sp³-hybridized carbons (Fsp3) is 0.435. The summed E-state index contributed by atoms with van der Waals surface area (Å²) >= 11 is 0. The van der Waals surface area contributed by atoms with E-state index in [1.54, 1.807) is 19.9 Å². The molecule has 1 aliphatic rings. The summed E-state index contributed by atoms with van der Waals surface area (Å²) in [4.78, 5) is 11.9. The Labute approximate surface area is 179 Å². The van der Waals surface area contributed by atoms with Crippen LogP contribution in [0.3, 0.4) is 0 Å². The van der Waals surface area contributed by atoms with E-state index >= 15 is 0 Å². The topological polar surface area (TPSA) is 84.5 Å². The molecule has 0 bridgehead atoms. The van der Waals surface area contributed by atoms with E-state index in [-0.39, 0.29) is 18.1 Å². The molecular weight excluding hydrogens is 400 g/mol. The third-order valence-corrected chi connectivity index (χ3v) is 6.67. The molecule has 2 N–H and O–H groups in total. The third-order valence-electron chi connectivity index (χ3n) is 4.91. The molecule has 7 heteroatoms. The molecule has 0 heterocycles. The highest BCUT2D eigenvalue weighted by Crippen LogP contribution is 2.41. The van der Waals surface area contributed by atoms with E-state index in [4.69, 9.17) is 4.74 Å². The van der Waals surface area contributed by atoms with Gasteiger partial charge in [0.15, 0.2) is 0 Å². The summed E-state index contributed by atoms with van der Waals surface area (Å²) in [6, 6.07) is 15.6. The van der Waals surface area contributed by atoms with Gasteiger partial charge in [-0.3, -0.25) is 4.72 Å². The molecule has 0 aromatic heterocycles. The number of amides is 1. The van der Waals surface area contributed by atoms with Crippen LogP contribution >= 0.6 is 0 Å². The van der Waals surface area contributed by atoms with Crippen LogP contribution in [0.15, 0.2) is 48.5 Å². The number of anilines is 1. The molecule has 1 aliphatic carbocycles. The van der Waals surface area contributed by atoms with Crippen LogP contribution in [0.1, 0.15) is 52.5 Å². The van der Waals surface area contributed by atoms with Crippen molar-refractivity contribution in [3.05, 3.63) is 54.1 Å². The lowest BCUT2D eigenvalue weighted by Gasteiger charge is -2.19. The molecule has 162 valence electrons. The lowest BCUT2D eigenvalue weighted by Crippen LogP contribution is -2.34. The SMILES string of the molecule is CC(C)S(=O)(=O)Nc1cccc(-c2ccc([C@@H]3C[C@H]3NC(=O)OC(C)(C)C)cc2)c1. The monoisotopic (exact) mass is 430 g/mol. The van der Waals surface area contributed by atoms with Gasteiger partial charge in [-0.05, 0) is 69.9 Å².